The molecule has 7 nitrogen and oxygen atoms in total. The van der Waals surface area contributed by atoms with E-state index in [-0.39, 0.29) is 18.0 Å². The number of halogens is 1. The predicted octanol–water partition coefficient (Wildman–Crippen LogP) is 5.90. The maximum atomic E-state index is 13.7. The second kappa shape index (κ2) is 10.2. The van der Waals surface area contributed by atoms with Gasteiger partial charge in [-0.25, -0.2) is 9.36 Å². The fraction of sp³-hybridized carbons (Fsp3) is 0.241. The van der Waals surface area contributed by atoms with Crippen LogP contribution in [0.15, 0.2) is 65.5 Å². The SMILES string of the molecule is CCOc1cccc2c1Oc1c(c(=O)n(-c3ccc(CC)cc3)n1CC(=O)Nc1ccc(C)c(Cl)c1)C2. The number of para-hydroxylation sites is 1. The minimum Gasteiger partial charge on any atom is -0.490 e. The maximum Gasteiger partial charge on any atom is 0.278 e. The Bertz CT molecular complexity index is 1540. The molecule has 0 spiro atoms. The van der Waals surface area contributed by atoms with Crippen LogP contribution in [0.3, 0.4) is 0 Å². The number of benzene rings is 3. The van der Waals surface area contributed by atoms with Crippen molar-refractivity contribution in [1.82, 2.24) is 9.36 Å². The molecule has 0 saturated carbocycles. The van der Waals surface area contributed by atoms with Crippen molar-refractivity contribution in [3.05, 3.63) is 98.3 Å². The van der Waals surface area contributed by atoms with Gasteiger partial charge in [-0.15, -0.1) is 0 Å². The Hall–Kier alpha value is -3.97. The molecule has 37 heavy (non-hydrogen) atoms. The van der Waals surface area contributed by atoms with Gasteiger partial charge in [0.15, 0.2) is 11.5 Å². The molecule has 4 aromatic rings. The number of aryl methyl sites for hydroxylation is 2. The summed E-state index contributed by atoms with van der Waals surface area (Å²) in [7, 11) is 0. The number of fused-ring (bicyclic) bond motifs is 2. The van der Waals surface area contributed by atoms with Crippen molar-refractivity contribution in [2.75, 3.05) is 11.9 Å². The normalized spacial score (nSPS) is 11.9. The second-order valence-corrected chi connectivity index (χ2v) is 9.35. The zero-order valence-corrected chi connectivity index (χ0v) is 21.8. The predicted molar refractivity (Wildman–Crippen MR) is 145 cm³/mol. The van der Waals surface area contributed by atoms with Gasteiger partial charge in [0.2, 0.25) is 11.8 Å². The van der Waals surface area contributed by atoms with Crippen molar-refractivity contribution >= 4 is 23.2 Å². The molecule has 3 aromatic carbocycles. The Morgan fingerprint density at radius 1 is 1.11 bits per heavy atom. The van der Waals surface area contributed by atoms with Crippen LogP contribution in [0.5, 0.6) is 17.4 Å². The van der Waals surface area contributed by atoms with Gasteiger partial charge in [0.1, 0.15) is 6.54 Å². The van der Waals surface area contributed by atoms with Crippen molar-refractivity contribution < 1.29 is 14.3 Å². The molecule has 0 fully saturated rings. The van der Waals surface area contributed by atoms with E-state index in [1.54, 1.807) is 16.8 Å². The molecule has 8 heteroatoms. The monoisotopic (exact) mass is 517 g/mol. The average molecular weight is 518 g/mol. The lowest BCUT2D eigenvalue weighted by Gasteiger charge is -2.21. The summed E-state index contributed by atoms with van der Waals surface area (Å²) in [5, 5.41) is 3.44. The first-order valence-corrected chi connectivity index (χ1v) is 12.7. The number of aromatic nitrogens is 2. The fourth-order valence-corrected chi connectivity index (χ4v) is 4.67. The van der Waals surface area contributed by atoms with Gasteiger partial charge in [0.25, 0.3) is 5.56 Å². The third-order valence-corrected chi connectivity index (χ3v) is 6.86. The Morgan fingerprint density at radius 3 is 2.59 bits per heavy atom. The molecular formula is C29H28ClN3O4. The first kappa shape index (κ1) is 24.7. The molecule has 190 valence electrons. The van der Waals surface area contributed by atoms with Crippen LogP contribution in [0.25, 0.3) is 5.69 Å². The highest BCUT2D eigenvalue weighted by molar-refractivity contribution is 6.31. The Morgan fingerprint density at radius 2 is 1.89 bits per heavy atom. The van der Waals surface area contributed by atoms with Crippen molar-refractivity contribution in [2.24, 2.45) is 0 Å². The largest absolute Gasteiger partial charge is 0.490 e. The molecule has 1 amide bonds. The second-order valence-electron chi connectivity index (χ2n) is 8.95. The number of nitrogens with one attached hydrogen (secondary N) is 1. The van der Waals surface area contributed by atoms with Crippen LogP contribution in [0.2, 0.25) is 5.02 Å². The minimum absolute atomic E-state index is 0.141. The third-order valence-electron chi connectivity index (χ3n) is 6.45. The fourth-order valence-electron chi connectivity index (χ4n) is 4.49. The third kappa shape index (κ3) is 4.74. The molecule has 1 aliphatic rings. The maximum absolute atomic E-state index is 13.7. The molecule has 5 rings (SSSR count). The number of anilines is 1. The van der Waals surface area contributed by atoms with E-state index in [1.807, 2.05) is 62.4 Å². The minimum atomic E-state index is -0.316. The lowest BCUT2D eigenvalue weighted by molar-refractivity contribution is -0.117. The molecule has 0 bridgehead atoms. The van der Waals surface area contributed by atoms with Gasteiger partial charge in [-0.05, 0) is 61.7 Å². The van der Waals surface area contributed by atoms with Crippen LogP contribution in [0.1, 0.15) is 36.1 Å². The van der Waals surface area contributed by atoms with E-state index in [4.69, 9.17) is 21.1 Å². The molecule has 1 aromatic heterocycles. The Kier molecular flexibility index (Phi) is 6.80. The summed E-state index contributed by atoms with van der Waals surface area (Å²) >= 11 is 6.24. The van der Waals surface area contributed by atoms with Crippen LogP contribution in [0.4, 0.5) is 5.69 Å². The molecule has 1 aliphatic heterocycles. The van der Waals surface area contributed by atoms with Gasteiger partial charge in [-0.2, -0.15) is 0 Å². The van der Waals surface area contributed by atoms with E-state index in [1.165, 1.54) is 4.68 Å². The Labute approximate surface area is 220 Å². The van der Waals surface area contributed by atoms with Gasteiger partial charge in [0.05, 0.1) is 17.9 Å². The summed E-state index contributed by atoms with van der Waals surface area (Å²) in [5.74, 6) is 1.18. The van der Waals surface area contributed by atoms with Crippen LogP contribution in [-0.2, 0) is 24.2 Å². The van der Waals surface area contributed by atoms with Crippen molar-refractivity contribution in [1.29, 1.82) is 0 Å². The number of hydrogen-bond donors (Lipinski definition) is 1. The number of ether oxygens (including phenoxy) is 2. The quantitative estimate of drug-likeness (QED) is 0.292. The highest BCUT2D eigenvalue weighted by Crippen LogP contribution is 2.42. The summed E-state index contributed by atoms with van der Waals surface area (Å²) in [6.07, 6.45) is 1.26. The van der Waals surface area contributed by atoms with Crippen LogP contribution >= 0.6 is 11.6 Å². The molecule has 0 atom stereocenters. The van der Waals surface area contributed by atoms with Crippen LogP contribution in [0, 0.1) is 6.92 Å². The summed E-state index contributed by atoms with van der Waals surface area (Å²) in [6, 6.07) is 18.7. The molecule has 0 radical (unpaired) electrons. The molecule has 0 saturated heterocycles. The zero-order valence-electron chi connectivity index (χ0n) is 21.0. The standard InChI is InChI=1S/C29H28ClN3O4/c1-4-19-10-13-22(14-11-19)33-28(35)23-15-20-7-6-8-25(36-5-2)27(20)37-29(23)32(33)17-26(34)31-21-12-9-18(3)24(30)16-21/h6-14,16H,4-5,15,17H2,1-3H3,(H,31,34). The number of carbonyl (C=O) groups excluding carboxylic acids is 1. The first-order valence-electron chi connectivity index (χ1n) is 12.3. The zero-order chi connectivity index (χ0) is 26.1. The van der Waals surface area contributed by atoms with E-state index in [2.05, 4.69) is 12.2 Å². The van der Waals surface area contributed by atoms with Crippen molar-refractivity contribution in [3.8, 4) is 23.1 Å². The molecule has 0 aliphatic carbocycles. The van der Waals surface area contributed by atoms with Crippen LogP contribution in [-0.4, -0.2) is 21.9 Å². The van der Waals surface area contributed by atoms with Gasteiger partial charge in [-0.1, -0.05) is 48.9 Å². The van der Waals surface area contributed by atoms with Gasteiger partial charge in [0, 0.05) is 22.7 Å². The summed E-state index contributed by atoms with van der Waals surface area (Å²) in [6.45, 7) is 6.21. The molecular weight excluding hydrogens is 490 g/mol. The van der Waals surface area contributed by atoms with Crippen molar-refractivity contribution in [2.45, 2.75) is 40.2 Å². The van der Waals surface area contributed by atoms with E-state index < -0.39 is 0 Å². The average Bonchev–Trinajstić information content (AvgIpc) is 3.15. The van der Waals surface area contributed by atoms with Gasteiger partial charge < -0.3 is 14.8 Å². The van der Waals surface area contributed by atoms with E-state index >= 15 is 0 Å². The number of carbonyl (C=O) groups is 1. The molecule has 1 N–H and O–H groups in total. The number of nitrogens with zero attached hydrogens (tertiary/aromatic N) is 2. The smallest absolute Gasteiger partial charge is 0.278 e. The number of rotatable bonds is 7. The topological polar surface area (TPSA) is 74.5 Å². The summed E-state index contributed by atoms with van der Waals surface area (Å²) < 4.78 is 15.2. The molecule has 2 heterocycles. The summed E-state index contributed by atoms with van der Waals surface area (Å²) in [5.41, 5.74) is 4.43. The van der Waals surface area contributed by atoms with E-state index in [0.717, 1.165) is 23.1 Å². The highest BCUT2D eigenvalue weighted by atomic mass is 35.5. The van der Waals surface area contributed by atoms with Crippen LogP contribution < -0.4 is 20.3 Å². The molecule has 0 unspecified atom stereocenters. The van der Waals surface area contributed by atoms with Gasteiger partial charge in [-0.3, -0.25) is 9.59 Å². The van der Waals surface area contributed by atoms with E-state index in [9.17, 15) is 9.59 Å². The number of amides is 1. The highest BCUT2D eigenvalue weighted by Gasteiger charge is 2.31. The van der Waals surface area contributed by atoms with Gasteiger partial charge >= 0.3 is 0 Å². The van der Waals surface area contributed by atoms with E-state index in [0.29, 0.717) is 52.4 Å². The lowest BCUT2D eigenvalue weighted by Crippen LogP contribution is -2.27. The Balaban J connectivity index is 1.58. The summed E-state index contributed by atoms with van der Waals surface area (Å²) in [4.78, 5) is 26.9. The lowest BCUT2D eigenvalue weighted by atomic mass is 10.0. The van der Waals surface area contributed by atoms with Crippen molar-refractivity contribution in [3.63, 3.8) is 0 Å². The number of hydrogen-bond acceptors (Lipinski definition) is 4. The first-order chi connectivity index (χ1) is 17.9.